The van der Waals surface area contributed by atoms with Gasteiger partial charge in [-0.3, -0.25) is 5.32 Å². The van der Waals surface area contributed by atoms with Crippen molar-refractivity contribution in [2.75, 3.05) is 26.4 Å². The second-order valence-corrected chi connectivity index (χ2v) is 4.24. The summed E-state index contributed by atoms with van der Waals surface area (Å²) in [6, 6.07) is 0. The molecule has 2 saturated heterocycles. The van der Waals surface area contributed by atoms with Gasteiger partial charge in [0.15, 0.2) is 0 Å². The molecule has 0 saturated carbocycles. The Kier molecular flexibility index (Phi) is 5.17. The molecule has 2 heterocycles. The molecule has 14 heavy (non-hydrogen) atoms. The lowest BCUT2D eigenvalue weighted by molar-refractivity contribution is -0.0916. The highest BCUT2D eigenvalue weighted by Crippen LogP contribution is 2.20. The summed E-state index contributed by atoms with van der Waals surface area (Å²) in [5.74, 6) is 1.22. The van der Waals surface area contributed by atoms with Crippen molar-refractivity contribution in [3.8, 4) is 0 Å². The Bertz CT molecular complexity index is 154. The molecule has 0 aromatic rings. The Balaban J connectivity index is 0.000000980. The Morgan fingerprint density at radius 3 is 2.71 bits per heavy atom. The van der Waals surface area contributed by atoms with Crippen molar-refractivity contribution in [2.24, 2.45) is 11.8 Å². The third kappa shape index (κ3) is 3.09. The van der Waals surface area contributed by atoms with Crippen molar-refractivity contribution in [1.29, 1.82) is 0 Å². The predicted octanol–water partition coefficient (Wildman–Crippen LogP) is 1.42. The first-order valence-electron chi connectivity index (χ1n) is 5.29. The molecule has 3 atom stereocenters. The van der Waals surface area contributed by atoms with Crippen molar-refractivity contribution in [3.63, 3.8) is 0 Å². The molecule has 4 heteroatoms. The van der Waals surface area contributed by atoms with Crippen LogP contribution < -0.4 is 5.32 Å². The molecular formula is C10H20ClNO2. The molecule has 0 spiro atoms. The molecule has 3 unspecified atom stereocenters. The van der Waals surface area contributed by atoms with Crippen LogP contribution in [0.15, 0.2) is 0 Å². The van der Waals surface area contributed by atoms with Crippen molar-refractivity contribution in [3.05, 3.63) is 0 Å². The van der Waals surface area contributed by atoms with Crippen LogP contribution in [0.5, 0.6) is 0 Å². The van der Waals surface area contributed by atoms with Crippen molar-refractivity contribution < 1.29 is 9.47 Å². The average Bonchev–Trinajstić information content (AvgIpc) is 2.20. The maximum Gasteiger partial charge on any atom is 0.113 e. The molecule has 0 aromatic carbocycles. The number of nitrogens with one attached hydrogen (secondary N) is 1. The van der Waals surface area contributed by atoms with E-state index in [9.17, 15) is 0 Å². The molecule has 2 aliphatic rings. The van der Waals surface area contributed by atoms with Gasteiger partial charge in [-0.2, -0.15) is 0 Å². The first-order chi connectivity index (χ1) is 6.36. The van der Waals surface area contributed by atoms with Gasteiger partial charge in [-0.25, -0.2) is 0 Å². The van der Waals surface area contributed by atoms with E-state index in [2.05, 4.69) is 12.2 Å². The molecule has 0 radical (unpaired) electrons. The van der Waals surface area contributed by atoms with E-state index in [1.54, 1.807) is 0 Å². The van der Waals surface area contributed by atoms with Crippen LogP contribution in [0.3, 0.4) is 0 Å². The van der Waals surface area contributed by atoms with Crippen LogP contribution in [0.25, 0.3) is 0 Å². The fourth-order valence-electron chi connectivity index (χ4n) is 2.01. The zero-order valence-corrected chi connectivity index (χ0v) is 9.52. The quantitative estimate of drug-likeness (QED) is 0.727. The van der Waals surface area contributed by atoms with Gasteiger partial charge in [-0.1, -0.05) is 6.92 Å². The van der Waals surface area contributed by atoms with E-state index in [0.717, 1.165) is 26.4 Å². The van der Waals surface area contributed by atoms with E-state index in [-0.39, 0.29) is 18.6 Å². The highest BCUT2D eigenvalue weighted by Gasteiger charge is 2.27. The average molecular weight is 222 g/mol. The largest absolute Gasteiger partial charge is 0.381 e. The molecule has 3 nitrogen and oxygen atoms in total. The minimum absolute atomic E-state index is 0. The summed E-state index contributed by atoms with van der Waals surface area (Å²) in [7, 11) is 0. The van der Waals surface area contributed by atoms with Gasteiger partial charge in [-0.15, -0.1) is 12.4 Å². The van der Waals surface area contributed by atoms with Crippen LogP contribution in [0.1, 0.15) is 19.8 Å². The highest BCUT2D eigenvalue weighted by atomic mass is 35.5. The number of hydrogen-bond donors (Lipinski definition) is 1. The van der Waals surface area contributed by atoms with Gasteiger partial charge in [0, 0.05) is 19.1 Å². The van der Waals surface area contributed by atoms with Crippen LogP contribution in [0.4, 0.5) is 0 Å². The van der Waals surface area contributed by atoms with Crippen LogP contribution in [0.2, 0.25) is 0 Å². The zero-order valence-electron chi connectivity index (χ0n) is 8.70. The summed E-state index contributed by atoms with van der Waals surface area (Å²) >= 11 is 0. The first-order valence-corrected chi connectivity index (χ1v) is 5.29. The van der Waals surface area contributed by atoms with Crippen LogP contribution in [0, 0.1) is 11.8 Å². The van der Waals surface area contributed by atoms with Gasteiger partial charge >= 0.3 is 0 Å². The molecule has 84 valence electrons. The van der Waals surface area contributed by atoms with Gasteiger partial charge in [-0.05, 0) is 18.8 Å². The molecular weight excluding hydrogens is 202 g/mol. The van der Waals surface area contributed by atoms with Gasteiger partial charge in [0.2, 0.25) is 0 Å². The second-order valence-electron chi connectivity index (χ2n) is 4.24. The minimum Gasteiger partial charge on any atom is -0.381 e. The summed E-state index contributed by atoms with van der Waals surface area (Å²) in [5.41, 5.74) is 0. The summed E-state index contributed by atoms with van der Waals surface area (Å²) in [6.07, 6.45) is 2.67. The topological polar surface area (TPSA) is 30.5 Å². The van der Waals surface area contributed by atoms with Gasteiger partial charge in [0.25, 0.3) is 0 Å². The van der Waals surface area contributed by atoms with Crippen LogP contribution in [-0.4, -0.2) is 32.6 Å². The molecule has 2 aliphatic heterocycles. The summed E-state index contributed by atoms with van der Waals surface area (Å²) in [4.78, 5) is 0. The Hall–Kier alpha value is 0.170. The van der Waals surface area contributed by atoms with Crippen molar-refractivity contribution >= 4 is 12.4 Å². The third-order valence-corrected chi connectivity index (χ3v) is 2.85. The van der Waals surface area contributed by atoms with Gasteiger partial charge < -0.3 is 9.47 Å². The van der Waals surface area contributed by atoms with Gasteiger partial charge in [0.05, 0.1) is 13.2 Å². The van der Waals surface area contributed by atoms with Crippen molar-refractivity contribution in [1.82, 2.24) is 5.32 Å². The summed E-state index contributed by atoms with van der Waals surface area (Å²) in [6.45, 7) is 5.99. The summed E-state index contributed by atoms with van der Waals surface area (Å²) in [5, 5.41) is 3.44. The maximum atomic E-state index is 5.74. The lowest BCUT2D eigenvalue weighted by Gasteiger charge is -2.35. The smallest absolute Gasteiger partial charge is 0.113 e. The first kappa shape index (κ1) is 12.2. The maximum absolute atomic E-state index is 5.74. The second kappa shape index (κ2) is 5.91. The normalized spacial score (nSPS) is 38.8. The molecule has 0 bridgehead atoms. The van der Waals surface area contributed by atoms with E-state index in [0.29, 0.717) is 11.8 Å². The molecule has 1 N–H and O–H groups in total. The number of ether oxygens (including phenoxy) is 2. The van der Waals surface area contributed by atoms with Crippen LogP contribution >= 0.6 is 12.4 Å². The van der Waals surface area contributed by atoms with E-state index < -0.39 is 0 Å². The van der Waals surface area contributed by atoms with Gasteiger partial charge in [0.1, 0.15) is 6.23 Å². The lowest BCUT2D eigenvalue weighted by Crippen LogP contribution is -2.48. The molecule has 0 aliphatic carbocycles. The van der Waals surface area contributed by atoms with E-state index >= 15 is 0 Å². The minimum atomic E-state index is 0. The third-order valence-electron chi connectivity index (χ3n) is 2.85. The fourth-order valence-corrected chi connectivity index (χ4v) is 2.01. The summed E-state index contributed by atoms with van der Waals surface area (Å²) < 4.78 is 11.2. The Morgan fingerprint density at radius 1 is 1.29 bits per heavy atom. The fraction of sp³-hybridized carbons (Fsp3) is 1.00. The zero-order chi connectivity index (χ0) is 9.10. The highest BCUT2D eigenvalue weighted by molar-refractivity contribution is 5.85. The lowest BCUT2D eigenvalue weighted by atomic mass is 9.99. The van der Waals surface area contributed by atoms with E-state index in [1.807, 2.05) is 0 Å². The standard InChI is InChI=1S/C10H19NO2.ClH/c1-8-5-11-10(13-6-8)9-3-2-4-12-7-9;/h8-11H,2-7H2,1H3;1H. The SMILES string of the molecule is CC1CNC(C2CCCOC2)OC1.Cl. The van der Waals surface area contributed by atoms with E-state index in [1.165, 1.54) is 12.8 Å². The number of hydrogen-bond acceptors (Lipinski definition) is 3. The molecule has 0 amide bonds. The monoisotopic (exact) mass is 221 g/mol. The molecule has 2 rings (SSSR count). The number of halogens is 1. The Morgan fingerprint density at radius 2 is 2.14 bits per heavy atom. The van der Waals surface area contributed by atoms with Crippen molar-refractivity contribution in [2.45, 2.75) is 26.0 Å². The van der Waals surface area contributed by atoms with E-state index in [4.69, 9.17) is 9.47 Å². The molecule has 2 fully saturated rings. The Labute approximate surface area is 91.9 Å². The predicted molar refractivity (Wildman–Crippen MR) is 57.7 cm³/mol. The molecule has 0 aromatic heterocycles. The number of rotatable bonds is 1. The van der Waals surface area contributed by atoms with Crippen LogP contribution in [-0.2, 0) is 9.47 Å².